The summed E-state index contributed by atoms with van der Waals surface area (Å²) in [6.07, 6.45) is 3.22. The minimum atomic E-state index is -0.101. The highest BCUT2D eigenvalue weighted by molar-refractivity contribution is 7.09. The number of hydrogen-bond donors (Lipinski definition) is 2. The van der Waals surface area contributed by atoms with Crippen LogP contribution in [0.3, 0.4) is 0 Å². The standard InChI is InChI=1S/C16H28N4O2S/c1-3-15-18-14(12-23-15)11-20-6-4-13(5-7-20)10-17-16(22)19(2)8-9-21/h12-13,21H,3-11H2,1-2H3,(H,17,22). The zero-order valence-electron chi connectivity index (χ0n) is 14.1. The van der Waals surface area contributed by atoms with Crippen LogP contribution in [0.25, 0.3) is 0 Å². The van der Waals surface area contributed by atoms with Gasteiger partial charge >= 0.3 is 6.03 Å². The summed E-state index contributed by atoms with van der Waals surface area (Å²) in [7, 11) is 1.70. The number of hydrogen-bond acceptors (Lipinski definition) is 5. The van der Waals surface area contributed by atoms with Crippen LogP contribution in [0.2, 0.25) is 0 Å². The van der Waals surface area contributed by atoms with Crippen LogP contribution in [0.4, 0.5) is 4.79 Å². The Bertz CT molecular complexity index is 486. The Hall–Kier alpha value is -1.18. The summed E-state index contributed by atoms with van der Waals surface area (Å²) >= 11 is 1.75. The Morgan fingerprint density at radius 1 is 1.52 bits per heavy atom. The molecule has 2 rings (SSSR count). The number of carbonyl (C=O) groups excluding carboxylic acids is 1. The molecule has 1 aliphatic heterocycles. The number of amides is 2. The maximum absolute atomic E-state index is 11.8. The van der Waals surface area contributed by atoms with Crippen LogP contribution in [0.5, 0.6) is 0 Å². The van der Waals surface area contributed by atoms with Crippen LogP contribution < -0.4 is 5.32 Å². The fourth-order valence-corrected chi connectivity index (χ4v) is 3.52. The lowest BCUT2D eigenvalue weighted by molar-refractivity contribution is 0.166. The first-order valence-corrected chi connectivity index (χ1v) is 9.25. The van der Waals surface area contributed by atoms with Crippen molar-refractivity contribution in [1.29, 1.82) is 0 Å². The van der Waals surface area contributed by atoms with E-state index in [9.17, 15) is 4.79 Å². The summed E-state index contributed by atoms with van der Waals surface area (Å²) in [5, 5.41) is 15.2. The Morgan fingerprint density at radius 3 is 2.87 bits per heavy atom. The van der Waals surface area contributed by atoms with Gasteiger partial charge in [-0.25, -0.2) is 9.78 Å². The highest BCUT2D eigenvalue weighted by Gasteiger charge is 2.20. The number of rotatable bonds is 7. The lowest BCUT2D eigenvalue weighted by Gasteiger charge is -2.31. The quantitative estimate of drug-likeness (QED) is 0.790. The topological polar surface area (TPSA) is 68.7 Å². The SMILES string of the molecule is CCc1nc(CN2CCC(CNC(=O)N(C)CCO)CC2)cs1. The van der Waals surface area contributed by atoms with Gasteiger partial charge in [0.25, 0.3) is 0 Å². The predicted octanol–water partition coefficient (Wildman–Crippen LogP) is 1.55. The van der Waals surface area contributed by atoms with Gasteiger partial charge in [0, 0.05) is 32.1 Å². The van der Waals surface area contributed by atoms with Crippen LogP contribution >= 0.6 is 11.3 Å². The monoisotopic (exact) mass is 340 g/mol. The van der Waals surface area contributed by atoms with Crippen LogP contribution in [-0.2, 0) is 13.0 Å². The highest BCUT2D eigenvalue weighted by atomic mass is 32.1. The van der Waals surface area contributed by atoms with Crippen molar-refractivity contribution >= 4 is 17.4 Å². The van der Waals surface area contributed by atoms with Gasteiger partial charge in [0.15, 0.2) is 0 Å². The summed E-state index contributed by atoms with van der Waals surface area (Å²) in [6.45, 7) is 6.29. The number of likely N-dealkylation sites (N-methyl/N-ethyl adjacent to an activating group) is 1. The molecular weight excluding hydrogens is 312 g/mol. The number of carbonyl (C=O) groups is 1. The van der Waals surface area contributed by atoms with Crippen molar-refractivity contribution in [2.24, 2.45) is 5.92 Å². The molecule has 6 nitrogen and oxygen atoms in total. The van der Waals surface area contributed by atoms with E-state index in [1.165, 1.54) is 15.6 Å². The van der Waals surface area contributed by atoms with Crippen molar-refractivity contribution in [2.45, 2.75) is 32.7 Å². The lowest BCUT2D eigenvalue weighted by Crippen LogP contribution is -2.43. The molecule has 1 aromatic rings. The number of aliphatic hydroxyl groups excluding tert-OH is 1. The minimum absolute atomic E-state index is 0.00132. The third-order valence-corrected chi connectivity index (χ3v) is 5.36. The number of aryl methyl sites for hydroxylation is 1. The molecule has 130 valence electrons. The smallest absolute Gasteiger partial charge is 0.317 e. The molecule has 0 aliphatic carbocycles. The Labute approximate surface area is 142 Å². The van der Waals surface area contributed by atoms with Crippen molar-refractivity contribution in [2.75, 3.05) is 39.8 Å². The highest BCUT2D eigenvalue weighted by Crippen LogP contribution is 2.19. The third kappa shape index (κ3) is 5.75. The first-order valence-electron chi connectivity index (χ1n) is 8.37. The largest absolute Gasteiger partial charge is 0.395 e. The number of urea groups is 1. The maximum Gasteiger partial charge on any atom is 0.317 e. The van der Waals surface area contributed by atoms with Gasteiger partial charge in [-0.15, -0.1) is 11.3 Å². The maximum atomic E-state index is 11.8. The number of aliphatic hydroxyl groups is 1. The molecule has 0 saturated carbocycles. The van der Waals surface area contributed by atoms with Gasteiger partial charge in [-0.2, -0.15) is 0 Å². The first kappa shape index (κ1) is 18.2. The van der Waals surface area contributed by atoms with Crippen molar-refractivity contribution in [1.82, 2.24) is 20.1 Å². The molecule has 7 heteroatoms. The number of piperidine rings is 1. The molecule has 2 N–H and O–H groups in total. The Balaban J connectivity index is 1.66. The molecule has 1 saturated heterocycles. The number of nitrogens with one attached hydrogen (secondary N) is 1. The molecule has 0 bridgehead atoms. The summed E-state index contributed by atoms with van der Waals surface area (Å²) < 4.78 is 0. The second kappa shape index (κ2) is 9.20. The molecule has 1 aliphatic rings. The number of aromatic nitrogens is 1. The number of thiazole rings is 1. The first-order chi connectivity index (χ1) is 11.1. The molecule has 0 unspecified atom stereocenters. The Morgan fingerprint density at radius 2 is 2.26 bits per heavy atom. The van der Waals surface area contributed by atoms with Crippen LogP contribution in [0, 0.1) is 5.92 Å². The van der Waals surface area contributed by atoms with E-state index in [4.69, 9.17) is 5.11 Å². The van der Waals surface area contributed by atoms with E-state index in [-0.39, 0.29) is 12.6 Å². The molecule has 1 aromatic heterocycles. The van der Waals surface area contributed by atoms with E-state index in [2.05, 4.69) is 27.5 Å². The summed E-state index contributed by atoms with van der Waals surface area (Å²) in [6, 6.07) is -0.101. The van der Waals surface area contributed by atoms with Gasteiger partial charge in [-0.1, -0.05) is 6.92 Å². The van der Waals surface area contributed by atoms with E-state index in [1.54, 1.807) is 18.4 Å². The van der Waals surface area contributed by atoms with Gasteiger partial charge in [0.05, 0.1) is 17.3 Å². The molecule has 2 amide bonds. The van der Waals surface area contributed by atoms with E-state index < -0.39 is 0 Å². The van der Waals surface area contributed by atoms with Crippen molar-refractivity contribution < 1.29 is 9.90 Å². The van der Waals surface area contributed by atoms with Gasteiger partial charge in [-0.3, -0.25) is 4.90 Å². The average molecular weight is 340 g/mol. The molecule has 23 heavy (non-hydrogen) atoms. The Kier molecular flexibility index (Phi) is 7.26. The van der Waals surface area contributed by atoms with Gasteiger partial charge in [0.2, 0.25) is 0 Å². The van der Waals surface area contributed by atoms with Crippen molar-refractivity contribution in [3.05, 3.63) is 16.1 Å². The van der Waals surface area contributed by atoms with Crippen molar-refractivity contribution in [3.8, 4) is 0 Å². The van der Waals surface area contributed by atoms with Crippen molar-refractivity contribution in [3.63, 3.8) is 0 Å². The van der Waals surface area contributed by atoms with Gasteiger partial charge < -0.3 is 15.3 Å². The van der Waals surface area contributed by atoms with Crippen LogP contribution in [-0.4, -0.2) is 65.8 Å². The second-order valence-electron chi connectivity index (χ2n) is 6.14. The molecule has 1 fully saturated rings. The summed E-state index contributed by atoms with van der Waals surface area (Å²) in [5.74, 6) is 0.541. The number of likely N-dealkylation sites (tertiary alicyclic amines) is 1. The molecule has 0 spiro atoms. The zero-order valence-corrected chi connectivity index (χ0v) is 14.9. The predicted molar refractivity (Wildman–Crippen MR) is 92.6 cm³/mol. The van der Waals surface area contributed by atoms with Gasteiger partial charge in [-0.05, 0) is 38.3 Å². The van der Waals surface area contributed by atoms with E-state index in [0.29, 0.717) is 12.5 Å². The molecule has 0 radical (unpaired) electrons. The van der Waals surface area contributed by atoms with E-state index >= 15 is 0 Å². The fraction of sp³-hybridized carbons (Fsp3) is 0.750. The fourth-order valence-electron chi connectivity index (χ4n) is 2.78. The minimum Gasteiger partial charge on any atom is -0.395 e. The zero-order chi connectivity index (χ0) is 16.7. The van der Waals surface area contributed by atoms with E-state index in [0.717, 1.165) is 45.4 Å². The molecule has 2 heterocycles. The summed E-state index contributed by atoms with van der Waals surface area (Å²) in [4.78, 5) is 20.4. The molecule has 0 atom stereocenters. The van der Waals surface area contributed by atoms with Gasteiger partial charge in [0.1, 0.15) is 0 Å². The average Bonchev–Trinajstić information content (AvgIpc) is 3.01. The van der Waals surface area contributed by atoms with E-state index in [1.807, 2.05) is 0 Å². The van der Waals surface area contributed by atoms with Crippen LogP contribution in [0.1, 0.15) is 30.5 Å². The summed E-state index contributed by atoms with van der Waals surface area (Å²) in [5.41, 5.74) is 1.18. The molecule has 0 aromatic carbocycles. The lowest BCUT2D eigenvalue weighted by atomic mass is 9.97. The number of nitrogens with zero attached hydrogens (tertiary/aromatic N) is 3. The third-order valence-electron chi connectivity index (χ3n) is 4.32. The molecular formula is C16H28N4O2S. The second-order valence-corrected chi connectivity index (χ2v) is 7.08. The normalized spacial score (nSPS) is 16.5. The van der Waals surface area contributed by atoms with Crippen LogP contribution in [0.15, 0.2) is 5.38 Å².